The Hall–Kier alpha value is -1.17. The molecule has 2 atom stereocenters. The van der Waals surface area contributed by atoms with Crippen LogP contribution in [0.25, 0.3) is 10.6 Å². The molecule has 3 rings (SSSR count). The van der Waals surface area contributed by atoms with Crippen LogP contribution >= 0.6 is 11.3 Å². The third-order valence-corrected chi connectivity index (χ3v) is 4.58. The molecular formula is C14H18N2O2S. The Morgan fingerprint density at radius 1 is 1.63 bits per heavy atom. The molecule has 1 aliphatic rings. The number of likely N-dealkylation sites (tertiary alicyclic amines) is 1. The smallest absolute Gasteiger partial charge is 0.177 e. The third kappa shape index (κ3) is 2.88. The highest BCUT2D eigenvalue weighted by Gasteiger charge is 2.26. The molecule has 0 radical (unpaired) electrons. The van der Waals surface area contributed by atoms with Crippen molar-refractivity contribution in [3.8, 4) is 10.6 Å². The second-order valence-corrected chi connectivity index (χ2v) is 6.13. The van der Waals surface area contributed by atoms with E-state index < -0.39 is 0 Å². The van der Waals surface area contributed by atoms with Crippen LogP contribution < -0.4 is 0 Å². The van der Waals surface area contributed by atoms with E-state index in [2.05, 4.69) is 10.1 Å². The van der Waals surface area contributed by atoms with Gasteiger partial charge in [0, 0.05) is 19.2 Å². The maximum Gasteiger partial charge on any atom is 0.177 e. The lowest BCUT2D eigenvalue weighted by Gasteiger charge is -2.15. The maximum atomic E-state index is 9.61. The van der Waals surface area contributed by atoms with Crippen molar-refractivity contribution >= 4 is 11.3 Å². The lowest BCUT2D eigenvalue weighted by molar-refractivity contribution is 0.127. The first-order valence-electron chi connectivity index (χ1n) is 6.62. The summed E-state index contributed by atoms with van der Waals surface area (Å²) in [5.41, 5.74) is 0.967. The van der Waals surface area contributed by atoms with Crippen molar-refractivity contribution in [1.29, 1.82) is 0 Å². The van der Waals surface area contributed by atoms with Crippen molar-refractivity contribution in [2.24, 2.45) is 5.92 Å². The summed E-state index contributed by atoms with van der Waals surface area (Å²) >= 11 is 1.66. The van der Waals surface area contributed by atoms with Crippen molar-refractivity contribution in [1.82, 2.24) is 10.1 Å². The summed E-state index contributed by atoms with van der Waals surface area (Å²) in [5.74, 6) is 1.24. The number of rotatable bonds is 4. The Labute approximate surface area is 116 Å². The van der Waals surface area contributed by atoms with Gasteiger partial charge in [-0.15, -0.1) is 11.3 Å². The number of aliphatic hydroxyl groups is 1. The fourth-order valence-corrected chi connectivity index (χ4v) is 3.22. The van der Waals surface area contributed by atoms with E-state index in [9.17, 15) is 5.11 Å². The van der Waals surface area contributed by atoms with Gasteiger partial charge in [-0.2, -0.15) is 0 Å². The molecule has 0 spiro atoms. The van der Waals surface area contributed by atoms with Gasteiger partial charge in [0.25, 0.3) is 0 Å². The molecule has 5 heteroatoms. The Bertz CT molecular complexity index is 521. The van der Waals surface area contributed by atoms with Gasteiger partial charge in [-0.3, -0.25) is 4.90 Å². The fourth-order valence-electron chi connectivity index (χ4n) is 2.55. The number of hydrogen-bond donors (Lipinski definition) is 1. The van der Waals surface area contributed by atoms with Gasteiger partial charge < -0.3 is 9.63 Å². The van der Waals surface area contributed by atoms with E-state index >= 15 is 0 Å². The average molecular weight is 278 g/mol. The number of aromatic nitrogens is 1. The Kier molecular flexibility index (Phi) is 3.68. The second-order valence-electron chi connectivity index (χ2n) is 5.18. The molecule has 1 saturated heterocycles. The quantitative estimate of drug-likeness (QED) is 0.934. The van der Waals surface area contributed by atoms with Gasteiger partial charge in [0.15, 0.2) is 5.76 Å². The number of hydrogen-bond acceptors (Lipinski definition) is 5. The molecule has 2 aromatic rings. The van der Waals surface area contributed by atoms with Crippen LogP contribution in [0.4, 0.5) is 0 Å². The van der Waals surface area contributed by atoms with E-state index in [-0.39, 0.29) is 6.10 Å². The topological polar surface area (TPSA) is 49.5 Å². The zero-order chi connectivity index (χ0) is 13.2. The van der Waals surface area contributed by atoms with Gasteiger partial charge in [0.1, 0.15) is 0 Å². The third-order valence-electron chi connectivity index (χ3n) is 3.70. The van der Waals surface area contributed by atoms with Gasteiger partial charge in [0.2, 0.25) is 0 Å². The summed E-state index contributed by atoms with van der Waals surface area (Å²) in [6.45, 7) is 4.65. The first-order valence-corrected chi connectivity index (χ1v) is 7.50. The zero-order valence-electron chi connectivity index (χ0n) is 11.0. The summed E-state index contributed by atoms with van der Waals surface area (Å²) in [6, 6.07) is 6.06. The van der Waals surface area contributed by atoms with E-state index in [1.807, 2.05) is 30.5 Å². The minimum absolute atomic E-state index is 0.219. The largest absolute Gasteiger partial charge is 0.393 e. The van der Waals surface area contributed by atoms with Gasteiger partial charge in [-0.25, -0.2) is 0 Å². The highest BCUT2D eigenvalue weighted by Crippen LogP contribution is 2.26. The summed E-state index contributed by atoms with van der Waals surface area (Å²) in [6.07, 6.45) is 0.844. The highest BCUT2D eigenvalue weighted by atomic mass is 32.1. The average Bonchev–Trinajstić information content (AvgIpc) is 3.09. The van der Waals surface area contributed by atoms with Crippen LogP contribution in [0.2, 0.25) is 0 Å². The Morgan fingerprint density at radius 3 is 3.21 bits per heavy atom. The van der Waals surface area contributed by atoms with Gasteiger partial charge in [-0.1, -0.05) is 11.2 Å². The predicted octanol–water partition coefficient (Wildman–Crippen LogP) is 2.61. The predicted molar refractivity (Wildman–Crippen MR) is 74.9 cm³/mol. The summed E-state index contributed by atoms with van der Waals surface area (Å²) in [5, 5.41) is 15.8. The van der Waals surface area contributed by atoms with Crippen molar-refractivity contribution in [2.45, 2.75) is 26.0 Å². The minimum Gasteiger partial charge on any atom is -0.393 e. The molecular weight excluding hydrogens is 260 g/mol. The van der Waals surface area contributed by atoms with E-state index in [4.69, 9.17) is 4.52 Å². The first-order chi connectivity index (χ1) is 9.22. The molecule has 4 nitrogen and oxygen atoms in total. The molecule has 1 fully saturated rings. The standard InChI is InChI=1S/C14H18N2O2S/c1-10(17)11-4-5-16(8-11)9-12-7-13(18-15-12)14-3-2-6-19-14/h2-3,6-7,10-11,17H,4-5,8-9H2,1H3. The lowest BCUT2D eigenvalue weighted by Crippen LogP contribution is -2.24. The molecule has 0 bridgehead atoms. The molecule has 0 saturated carbocycles. The van der Waals surface area contributed by atoms with Crippen LogP contribution in [-0.2, 0) is 6.54 Å². The van der Waals surface area contributed by atoms with Crippen LogP contribution in [0.5, 0.6) is 0 Å². The molecule has 0 aromatic carbocycles. The molecule has 102 valence electrons. The maximum absolute atomic E-state index is 9.61. The number of aliphatic hydroxyl groups excluding tert-OH is 1. The summed E-state index contributed by atoms with van der Waals surface area (Å²) in [4.78, 5) is 3.44. The Balaban J connectivity index is 1.62. The summed E-state index contributed by atoms with van der Waals surface area (Å²) in [7, 11) is 0. The van der Waals surface area contributed by atoms with Crippen LogP contribution in [-0.4, -0.2) is 34.4 Å². The highest BCUT2D eigenvalue weighted by molar-refractivity contribution is 7.13. The fraction of sp³-hybridized carbons (Fsp3) is 0.500. The Morgan fingerprint density at radius 2 is 2.53 bits per heavy atom. The minimum atomic E-state index is -0.219. The van der Waals surface area contributed by atoms with E-state index in [0.29, 0.717) is 5.92 Å². The van der Waals surface area contributed by atoms with Crippen LogP contribution in [0.15, 0.2) is 28.1 Å². The van der Waals surface area contributed by atoms with E-state index in [1.54, 1.807) is 11.3 Å². The molecule has 19 heavy (non-hydrogen) atoms. The van der Waals surface area contributed by atoms with Crippen molar-refractivity contribution < 1.29 is 9.63 Å². The van der Waals surface area contributed by atoms with Crippen LogP contribution in [0, 0.1) is 5.92 Å². The SMILES string of the molecule is CC(O)C1CCN(Cc2cc(-c3cccs3)on2)C1. The van der Waals surface area contributed by atoms with E-state index in [0.717, 1.165) is 42.4 Å². The molecule has 1 aliphatic heterocycles. The van der Waals surface area contributed by atoms with E-state index in [1.165, 1.54) is 0 Å². The number of nitrogens with zero attached hydrogens (tertiary/aromatic N) is 2. The molecule has 2 unspecified atom stereocenters. The van der Waals surface area contributed by atoms with Crippen molar-refractivity contribution in [3.63, 3.8) is 0 Å². The summed E-state index contributed by atoms with van der Waals surface area (Å²) < 4.78 is 5.38. The van der Waals surface area contributed by atoms with Gasteiger partial charge in [0.05, 0.1) is 16.7 Å². The normalized spacial score (nSPS) is 21.9. The molecule has 1 N–H and O–H groups in total. The molecule has 0 aliphatic carbocycles. The molecule has 0 amide bonds. The van der Waals surface area contributed by atoms with Crippen LogP contribution in [0.1, 0.15) is 19.0 Å². The number of thiophene rings is 1. The van der Waals surface area contributed by atoms with Gasteiger partial charge in [-0.05, 0) is 37.3 Å². The molecule has 2 aromatic heterocycles. The van der Waals surface area contributed by atoms with Crippen molar-refractivity contribution in [3.05, 3.63) is 29.3 Å². The van der Waals surface area contributed by atoms with Gasteiger partial charge >= 0.3 is 0 Å². The van der Waals surface area contributed by atoms with Crippen molar-refractivity contribution in [2.75, 3.05) is 13.1 Å². The lowest BCUT2D eigenvalue weighted by atomic mass is 10.0. The first kappa shape index (κ1) is 12.8. The monoisotopic (exact) mass is 278 g/mol. The second kappa shape index (κ2) is 5.45. The molecule has 3 heterocycles. The van der Waals surface area contributed by atoms with Crippen LogP contribution in [0.3, 0.4) is 0 Å². The zero-order valence-corrected chi connectivity index (χ0v) is 11.8.